The molecule has 122 valence electrons. The summed E-state index contributed by atoms with van der Waals surface area (Å²) in [6.07, 6.45) is 0.903. The van der Waals surface area contributed by atoms with E-state index in [1.165, 1.54) is 5.56 Å². The Morgan fingerprint density at radius 1 is 1.36 bits per heavy atom. The van der Waals surface area contributed by atoms with Gasteiger partial charge in [-0.15, -0.1) is 0 Å². The van der Waals surface area contributed by atoms with Gasteiger partial charge < -0.3 is 14.8 Å². The number of benzene rings is 1. The lowest BCUT2D eigenvalue weighted by molar-refractivity contribution is -0.117. The van der Waals surface area contributed by atoms with Crippen molar-refractivity contribution in [3.8, 4) is 0 Å². The van der Waals surface area contributed by atoms with Gasteiger partial charge in [-0.2, -0.15) is 0 Å². The molecule has 1 N–H and O–H groups in total. The Kier molecular flexibility index (Phi) is 6.36. The molecular formula is C17H26N2O3. The van der Waals surface area contributed by atoms with E-state index in [0.717, 1.165) is 25.3 Å². The highest BCUT2D eigenvalue weighted by Gasteiger charge is 2.22. The van der Waals surface area contributed by atoms with E-state index in [1.54, 1.807) is 7.11 Å². The summed E-state index contributed by atoms with van der Waals surface area (Å²) in [5.74, 6) is -0.0207. The molecule has 2 rings (SSSR count). The molecule has 0 bridgehead atoms. The molecule has 0 radical (unpaired) electrons. The molecule has 1 heterocycles. The van der Waals surface area contributed by atoms with Crippen LogP contribution in [0, 0.1) is 0 Å². The average molecular weight is 306 g/mol. The van der Waals surface area contributed by atoms with E-state index in [1.807, 2.05) is 18.2 Å². The molecule has 0 aliphatic carbocycles. The van der Waals surface area contributed by atoms with E-state index in [-0.39, 0.29) is 18.1 Å². The van der Waals surface area contributed by atoms with Gasteiger partial charge in [0.05, 0.1) is 25.2 Å². The first-order chi connectivity index (χ1) is 10.6. The zero-order valence-corrected chi connectivity index (χ0v) is 13.7. The Balaban J connectivity index is 1.92. The summed E-state index contributed by atoms with van der Waals surface area (Å²) in [6, 6.07) is 8.03. The van der Waals surface area contributed by atoms with Crippen LogP contribution in [-0.2, 0) is 20.8 Å². The molecule has 5 heteroatoms. The predicted molar refractivity (Wildman–Crippen MR) is 86.9 cm³/mol. The monoisotopic (exact) mass is 306 g/mol. The second kappa shape index (κ2) is 8.27. The van der Waals surface area contributed by atoms with Gasteiger partial charge >= 0.3 is 0 Å². The molecule has 1 fully saturated rings. The largest absolute Gasteiger partial charge is 0.384 e. The molecule has 22 heavy (non-hydrogen) atoms. The second-order valence-electron chi connectivity index (χ2n) is 5.94. The Bertz CT molecular complexity index is 483. The van der Waals surface area contributed by atoms with Gasteiger partial charge in [-0.3, -0.25) is 9.69 Å². The Morgan fingerprint density at radius 2 is 2.09 bits per heavy atom. The standard InChI is InChI=1S/C17H26N2O3/c1-13-10-19(11-14(2)22-13)12-15-5-4-6-16(9-15)18-17(20)7-8-21-3/h4-6,9,13-14H,7-8,10-12H2,1-3H3,(H,18,20)/t13-,14-/m1/s1. The number of morpholine rings is 1. The highest BCUT2D eigenvalue weighted by atomic mass is 16.5. The highest BCUT2D eigenvalue weighted by molar-refractivity contribution is 5.90. The lowest BCUT2D eigenvalue weighted by atomic mass is 10.1. The lowest BCUT2D eigenvalue weighted by Crippen LogP contribution is -2.44. The van der Waals surface area contributed by atoms with Crippen molar-refractivity contribution in [3.05, 3.63) is 29.8 Å². The molecule has 0 spiro atoms. The fourth-order valence-corrected chi connectivity index (χ4v) is 2.84. The lowest BCUT2D eigenvalue weighted by Gasteiger charge is -2.35. The topological polar surface area (TPSA) is 50.8 Å². The number of hydrogen-bond donors (Lipinski definition) is 1. The van der Waals surface area contributed by atoms with E-state index in [2.05, 4.69) is 30.1 Å². The SMILES string of the molecule is COCCC(=O)Nc1cccc(CN2C[C@@H](C)O[C@H](C)C2)c1. The zero-order chi connectivity index (χ0) is 15.9. The maximum absolute atomic E-state index is 11.7. The Labute approximate surface area is 132 Å². The second-order valence-corrected chi connectivity index (χ2v) is 5.94. The molecule has 2 atom stereocenters. The number of nitrogens with zero attached hydrogens (tertiary/aromatic N) is 1. The van der Waals surface area contributed by atoms with Gasteiger partial charge in [-0.1, -0.05) is 12.1 Å². The van der Waals surface area contributed by atoms with Gasteiger partial charge in [0.1, 0.15) is 0 Å². The van der Waals surface area contributed by atoms with Crippen LogP contribution < -0.4 is 5.32 Å². The van der Waals surface area contributed by atoms with E-state index >= 15 is 0 Å². The number of carbonyl (C=O) groups is 1. The van der Waals surface area contributed by atoms with Crippen LogP contribution in [0.5, 0.6) is 0 Å². The van der Waals surface area contributed by atoms with Crippen LogP contribution in [-0.4, -0.2) is 49.8 Å². The number of anilines is 1. The van der Waals surface area contributed by atoms with Crippen LogP contribution in [0.15, 0.2) is 24.3 Å². The van der Waals surface area contributed by atoms with Crippen LogP contribution in [0.4, 0.5) is 5.69 Å². The average Bonchev–Trinajstić information content (AvgIpc) is 2.44. The molecule has 0 aromatic heterocycles. The van der Waals surface area contributed by atoms with Crippen LogP contribution in [0.25, 0.3) is 0 Å². The third kappa shape index (κ3) is 5.40. The maximum Gasteiger partial charge on any atom is 0.226 e. The fraction of sp³-hybridized carbons (Fsp3) is 0.588. The number of carbonyl (C=O) groups excluding carboxylic acids is 1. The minimum absolute atomic E-state index is 0.0207. The third-order valence-corrected chi connectivity index (χ3v) is 3.65. The summed E-state index contributed by atoms with van der Waals surface area (Å²) in [4.78, 5) is 14.1. The van der Waals surface area contributed by atoms with Gasteiger partial charge in [0.15, 0.2) is 0 Å². The van der Waals surface area contributed by atoms with Crippen LogP contribution >= 0.6 is 0 Å². The molecule has 1 aliphatic heterocycles. The van der Waals surface area contributed by atoms with Crippen LogP contribution in [0.3, 0.4) is 0 Å². The predicted octanol–water partition coefficient (Wildman–Crippen LogP) is 2.27. The zero-order valence-electron chi connectivity index (χ0n) is 13.7. The summed E-state index contributed by atoms with van der Waals surface area (Å²) < 4.78 is 10.7. The number of ether oxygens (including phenoxy) is 2. The van der Waals surface area contributed by atoms with Crippen molar-refractivity contribution in [2.24, 2.45) is 0 Å². The first kappa shape index (κ1) is 16.9. The van der Waals surface area contributed by atoms with Crippen molar-refractivity contribution in [2.45, 2.75) is 39.0 Å². The molecule has 5 nitrogen and oxygen atoms in total. The number of nitrogens with one attached hydrogen (secondary N) is 1. The van der Waals surface area contributed by atoms with Crippen LogP contribution in [0.2, 0.25) is 0 Å². The Morgan fingerprint density at radius 3 is 2.77 bits per heavy atom. The van der Waals surface area contributed by atoms with Crippen molar-refractivity contribution >= 4 is 11.6 Å². The van der Waals surface area contributed by atoms with Gasteiger partial charge in [0.2, 0.25) is 5.91 Å². The van der Waals surface area contributed by atoms with Crippen molar-refractivity contribution in [3.63, 3.8) is 0 Å². The minimum atomic E-state index is -0.0207. The quantitative estimate of drug-likeness (QED) is 0.876. The summed E-state index contributed by atoms with van der Waals surface area (Å²) >= 11 is 0. The molecule has 1 aromatic rings. The first-order valence-corrected chi connectivity index (χ1v) is 7.82. The highest BCUT2D eigenvalue weighted by Crippen LogP contribution is 2.17. The number of methoxy groups -OCH3 is 1. The van der Waals surface area contributed by atoms with E-state index in [0.29, 0.717) is 13.0 Å². The smallest absolute Gasteiger partial charge is 0.226 e. The molecule has 0 saturated carbocycles. The van der Waals surface area contributed by atoms with Crippen molar-refractivity contribution in [1.29, 1.82) is 0 Å². The number of amides is 1. The molecule has 1 amide bonds. The third-order valence-electron chi connectivity index (χ3n) is 3.65. The molecular weight excluding hydrogens is 280 g/mol. The summed E-state index contributed by atoms with van der Waals surface area (Å²) in [5.41, 5.74) is 2.04. The van der Waals surface area contributed by atoms with Crippen molar-refractivity contribution in [1.82, 2.24) is 4.90 Å². The first-order valence-electron chi connectivity index (χ1n) is 7.82. The van der Waals surface area contributed by atoms with Gasteiger partial charge in [-0.05, 0) is 31.5 Å². The normalized spacial score (nSPS) is 22.5. The van der Waals surface area contributed by atoms with Crippen LogP contribution in [0.1, 0.15) is 25.8 Å². The van der Waals surface area contributed by atoms with E-state index in [9.17, 15) is 4.79 Å². The summed E-state index contributed by atoms with van der Waals surface area (Å²) in [6.45, 7) is 7.41. The Hall–Kier alpha value is -1.43. The fourth-order valence-electron chi connectivity index (χ4n) is 2.84. The summed E-state index contributed by atoms with van der Waals surface area (Å²) in [5, 5.41) is 2.91. The van der Waals surface area contributed by atoms with E-state index < -0.39 is 0 Å². The number of hydrogen-bond acceptors (Lipinski definition) is 4. The van der Waals surface area contributed by atoms with Gasteiger partial charge in [0.25, 0.3) is 0 Å². The van der Waals surface area contributed by atoms with Crippen molar-refractivity contribution in [2.75, 3.05) is 32.1 Å². The summed E-state index contributed by atoms with van der Waals surface area (Å²) in [7, 11) is 1.60. The number of rotatable bonds is 6. The van der Waals surface area contributed by atoms with Gasteiger partial charge in [-0.25, -0.2) is 0 Å². The maximum atomic E-state index is 11.7. The molecule has 1 aliphatic rings. The van der Waals surface area contributed by atoms with Gasteiger partial charge in [0, 0.05) is 32.4 Å². The van der Waals surface area contributed by atoms with Crippen molar-refractivity contribution < 1.29 is 14.3 Å². The molecule has 0 unspecified atom stereocenters. The molecule has 1 saturated heterocycles. The minimum Gasteiger partial charge on any atom is -0.384 e. The molecule has 1 aromatic carbocycles. The van der Waals surface area contributed by atoms with E-state index in [4.69, 9.17) is 9.47 Å².